The van der Waals surface area contributed by atoms with Crippen molar-refractivity contribution in [2.24, 2.45) is 0 Å². The van der Waals surface area contributed by atoms with Crippen molar-refractivity contribution in [2.45, 2.75) is 84.8 Å². The molecule has 0 fully saturated rings. The van der Waals surface area contributed by atoms with Gasteiger partial charge in [0.1, 0.15) is 17.9 Å². The highest BCUT2D eigenvalue weighted by molar-refractivity contribution is 5.99. The number of hydrogen-bond donors (Lipinski definition) is 2. The van der Waals surface area contributed by atoms with Crippen LogP contribution < -0.4 is 14.8 Å². The zero-order valence-corrected chi connectivity index (χ0v) is 24.0. The number of amides is 1. The Hall–Kier alpha value is -4.14. The van der Waals surface area contributed by atoms with Crippen molar-refractivity contribution in [1.29, 1.82) is 0 Å². The summed E-state index contributed by atoms with van der Waals surface area (Å²) < 4.78 is 16.7. The molecular formula is C32H39NO8. The van der Waals surface area contributed by atoms with Crippen LogP contribution in [0.4, 0.5) is 0 Å². The van der Waals surface area contributed by atoms with Gasteiger partial charge in [0.15, 0.2) is 5.75 Å². The van der Waals surface area contributed by atoms with E-state index < -0.39 is 17.9 Å². The van der Waals surface area contributed by atoms with Crippen LogP contribution in [-0.4, -0.2) is 36.0 Å². The standard InChI is InChI=1S/C32H39NO8/c1-21(16-18-27(35)36)15-17-24-30(39-3)22(2)25-20-40-32(38)29(25)31(24)41-28(37)14-10-5-4-9-13-26(34)33-19-23-11-7-6-8-12-23/h6-8,11-12,15H,4-5,9-10,13-14,16-20H2,1-3H3,(H,33,34)(H,35,36). The van der Waals surface area contributed by atoms with Crippen LogP contribution in [0, 0.1) is 6.92 Å². The van der Waals surface area contributed by atoms with Gasteiger partial charge in [-0.3, -0.25) is 14.4 Å². The van der Waals surface area contributed by atoms with Crippen molar-refractivity contribution in [2.75, 3.05) is 7.11 Å². The van der Waals surface area contributed by atoms with Gasteiger partial charge in [0.2, 0.25) is 5.91 Å². The van der Waals surface area contributed by atoms with Gasteiger partial charge < -0.3 is 24.6 Å². The lowest BCUT2D eigenvalue weighted by molar-refractivity contribution is -0.137. The van der Waals surface area contributed by atoms with Gasteiger partial charge in [0.25, 0.3) is 0 Å². The number of cyclic esters (lactones) is 1. The van der Waals surface area contributed by atoms with Gasteiger partial charge in [-0.05, 0) is 50.7 Å². The van der Waals surface area contributed by atoms with E-state index in [9.17, 15) is 19.2 Å². The predicted octanol–water partition coefficient (Wildman–Crippen LogP) is 5.59. The summed E-state index contributed by atoms with van der Waals surface area (Å²) >= 11 is 0. The third-order valence-corrected chi connectivity index (χ3v) is 7.10. The summed E-state index contributed by atoms with van der Waals surface area (Å²) in [6.45, 7) is 4.25. The van der Waals surface area contributed by atoms with Crippen molar-refractivity contribution in [3.63, 3.8) is 0 Å². The molecule has 9 nitrogen and oxygen atoms in total. The van der Waals surface area contributed by atoms with Crippen LogP contribution >= 0.6 is 0 Å². The zero-order chi connectivity index (χ0) is 29.8. The number of benzene rings is 2. The first kappa shape index (κ1) is 31.4. The Morgan fingerprint density at radius 1 is 1.00 bits per heavy atom. The Kier molecular flexibility index (Phi) is 11.9. The van der Waals surface area contributed by atoms with E-state index >= 15 is 0 Å². The van der Waals surface area contributed by atoms with Gasteiger partial charge in [0.05, 0.1) is 7.11 Å². The minimum absolute atomic E-state index is 0.00194. The quantitative estimate of drug-likeness (QED) is 0.117. The second kappa shape index (κ2) is 15.6. The number of methoxy groups -OCH3 is 1. The van der Waals surface area contributed by atoms with Gasteiger partial charge in [-0.25, -0.2) is 4.79 Å². The van der Waals surface area contributed by atoms with Crippen molar-refractivity contribution < 1.29 is 38.5 Å². The zero-order valence-electron chi connectivity index (χ0n) is 24.0. The molecule has 0 saturated heterocycles. The number of fused-ring (bicyclic) bond motifs is 1. The van der Waals surface area contributed by atoms with Gasteiger partial charge in [0, 0.05) is 36.9 Å². The predicted molar refractivity (Wildman–Crippen MR) is 153 cm³/mol. The Morgan fingerprint density at radius 2 is 1.71 bits per heavy atom. The molecule has 2 N–H and O–H groups in total. The number of rotatable bonds is 16. The molecule has 0 aliphatic carbocycles. The number of carbonyl (C=O) groups is 4. The average molecular weight is 566 g/mol. The number of hydrogen-bond acceptors (Lipinski definition) is 7. The number of allylic oxidation sites excluding steroid dienone is 2. The van der Waals surface area contributed by atoms with E-state index in [0.717, 1.165) is 36.0 Å². The van der Waals surface area contributed by atoms with Crippen LogP contribution in [0.5, 0.6) is 11.5 Å². The van der Waals surface area contributed by atoms with Crippen LogP contribution in [0.15, 0.2) is 42.0 Å². The molecule has 1 aliphatic rings. The van der Waals surface area contributed by atoms with Crippen molar-refractivity contribution in [1.82, 2.24) is 5.32 Å². The second-order valence-corrected chi connectivity index (χ2v) is 10.2. The van der Waals surface area contributed by atoms with E-state index in [2.05, 4.69) is 5.32 Å². The molecule has 1 aliphatic heterocycles. The highest BCUT2D eigenvalue weighted by Gasteiger charge is 2.34. The van der Waals surface area contributed by atoms with Crippen molar-refractivity contribution in [3.05, 3.63) is 69.8 Å². The minimum atomic E-state index is -0.882. The smallest absolute Gasteiger partial charge is 0.342 e. The molecule has 0 unspecified atom stereocenters. The molecule has 0 spiro atoms. The molecule has 2 aromatic rings. The van der Waals surface area contributed by atoms with Crippen molar-refractivity contribution >= 4 is 23.8 Å². The summed E-state index contributed by atoms with van der Waals surface area (Å²) in [5, 5.41) is 11.9. The lowest BCUT2D eigenvalue weighted by Gasteiger charge is -2.19. The highest BCUT2D eigenvalue weighted by atomic mass is 16.6. The third-order valence-electron chi connectivity index (χ3n) is 7.10. The lowest BCUT2D eigenvalue weighted by Crippen LogP contribution is -2.22. The number of esters is 2. The number of unbranched alkanes of at least 4 members (excludes halogenated alkanes) is 3. The fourth-order valence-electron chi connectivity index (χ4n) is 4.76. The molecule has 1 amide bonds. The monoisotopic (exact) mass is 565 g/mol. The molecule has 220 valence electrons. The normalized spacial score (nSPS) is 12.5. The van der Waals surface area contributed by atoms with Crippen LogP contribution in [-0.2, 0) is 38.7 Å². The number of carboxylic acids is 1. The van der Waals surface area contributed by atoms with E-state index in [1.807, 2.05) is 50.3 Å². The van der Waals surface area contributed by atoms with E-state index in [-0.39, 0.29) is 36.7 Å². The van der Waals surface area contributed by atoms with E-state index in [1.165, 1.54) is 7.11 Å². The molecule has 0 bridgehead atoms. The fourth-order valence-corrected chi connectivity index (χ4v) is 4.76. The highest BCUT2D eigenvalue weighted by Crippen LogP contribution is 2.43. The number of nitrogens with one attached hydrogen (secondary N) is 1. The van der Waals surface area contributed by atoms with Gasteiger partial charge in [-0.1, -0.05) is 54.8 Å². The second-order valence-electron chi connectivity index (χ2n) is 10.2. The van der Waals surface area contributed by atoms with E-state index in [0.29, 0.717) is 49.1 Å². The summed E-state index contributed by atoms with van der Waals surface area (Å²) in [6.07, 6.45) is 6.01. The topological polar surface area (TPSA) is 128 Å². The summed E-state index contributed by atoms with van der Waals surface area (Å²) in [4.78, 5) is 48.5. The molecule has 0 saturated carbocycles. The largest absolute Gasteiger partial charge is 0.496 e. The molecule has 0 radical (unpaired) electrons. The molecule has 0 atom stereocenters. The molecule has 2 aromatic carbocycles. The first-order chi connectivity index (χ1) is 19.7. The Balaban J connectivity index is 1.57. The Labute approximate surface area is 240 Å². The Morgan fingerprint density at radius 3 is 2.39 bits per heavy atom. The Bertz CT molecular complexity index is 1280. The maximum atomic E-state index is 12.9. The average Bonchev–Trinajstić information content (AvgIpc) is 3.35. The van der Waals surface area contributed by atoms with Crippen LogP contribution in [0.3, 0.4) is 0 Å². The first-order valence-electron chi connectivity index (χ1n) is 14.0. The SMILES string of the molecule is COc1c(C)c2c(c(OC(=O)CCCCCCC(=O)NCc3ccccc3)c1CC=C(C)CCC(=O)O)C(=O)OC2. The number of aliphatic carboxylic acids is 1. The fraction of sp³-hybridized carbons (Fsp3) is 0.438. The molecular weight excluding hydrogens is 526 g/mol. The van der Waals surface area contributed by atoms with Crippen LogP contribution in [0.1, 0.15) is 90.9 Å². The van der Waals surface area contributed by atoms with Crippen LogP contribution in [0.2, 0.25) is 0 Å². The van der Waals surface area contributed by atoms with Gasteiger partial charge in [-0.2, -0.15) is 0 Å². The molecule has 41 heavy (non-hydrogen) atoms. The third kappa shape index (κ3) is 9.20. The number of ether oxygens (including phenoxy) is 3. The minimum Gasteiger partial charge on any atom is -0.496 e. The summed E-state index contributed by atoms with van der Waals surface area (Å²) in [6, 6.07) is 9.73. The summed E-state index contributed by atoms with van der Waals surface area (Å²) in [5.41, 5.74) is 4.08. The van der Waals surface area contributed by atoms with Gasteiger partial charge >= 0.3 is 17.9 Å². The summed E-state index contributed by atoms with van der Waals surface area (Å²) in [7, 11) is 1.52. The molecule has 0 aromatic heterocycles. The number of carboxylic acid groups (broad SMARTS) is 1. The maximum Gasteiger partial charge on any atom is 0.342 e. The lowest BCUT2D eigenvalue weighted by atomic mass is 9.94. The van der Waals surface area contributed by atoms with Gasteiger partial charge in [-0.15, -0.1) is 0 Å². The van der Waals surface area contributed by atoms with E-state index in [1.54, 1.807) is 0 Å². The molecule has 1 heterocycles. The molecule has 9 heteroatoms. The number of carbonyl (C=O) groups excluding carboxylic acids is 3. The van der Waals surface area contributed by atoms with Crippen LogP contribution in [0.25, 0.3) is 0 Å². The summed E-state index contributed by atoms with van der Waals surface area (Å²) in [5.74, 6) is -1.24. The molecule has 3 rings (SSSR count). The van der Waals surface area contributed by atoms with E-state index in [4.69, 9.17) is 19.3 Å². The van der Waals surface area contributed by atoms with Crippen molar-refractivity contribution in [3.8, 4) is 11.5 Å². The maximum absolute atomic E-state index is 12.9. The first-order valence-corrected chi connectivity index (χ1v) is 14.0.